The molecule has 4 rings (SSSR count). The third-order valence-corrected chi connectivity index (χ3v) is 4.10. The monoisotopic (exact) mass is 358 g/mol. The van der Waals surface area contributed by atoms with Crippen molar-refractivity contribution in [3.05, 3.63) is 90.0 Å². The van der Waals surface area contributed by atoms with Crippen molar-refractivity contribution in [3.63, 3.8) is 0 Å². The Morgan fingerprint density at radius 2 is 1.81 bits per heavy atom. The summed E-state index contributed by atoms with van der Waals surface area (Å²) in [5.41, 5.74) is 9.61. The summed E-state index contributed by atoms with van der Waals surface area (Å²) in [6.45, 7) is 0.492. The molecule has 6 nitrogen and oxygen atoms in total. The molecule has 0 aliphatic carbocycles. The predicted molar refractivity (Wildman–Crippen MR) is 102 cm³/mol. The Hall–Kier alpha value is -3.67. The highest BCUT2D eigenvalue weighted by atomic mass is 16.5. The maximum atomic E-state index is 5.88. The number of hydrogen-bond acceptors (Lipinski definition) is 6. The van der Waals surface area contributed by atoms with Gasteiger partial charge in [-0.05, 0) is 35.9 Å². The molecule has 0 atom stereocenters. The third-order valence-electron chi connectivity index (χ3n) is 4.10. The van der Waals surface area contributed by atoms with Crippen LogP contribution in [0, 0.1) is 0 Å². The van der Waals surface area contributed by atoms with E-state index in [9.17, 15) is 0 Å². The number of rotatable bonds is 6. The van der Waals surface area contributed by atoms with E-state index in [0.29, 0.717) is 24.6 Å². The molecule has 0 saturated heterocycles. The second kappa shape index (κ2) is 7.70. The Balaban J connectivity index is 1.39. The molecule has 3 aromatic heterocycles. The average Bonchev–Trinajstić information content (AvgIpc) is 3.17. The Morgan fingerprint density at radius 3 is 2.59 bits per heavy atom. The molecule has 134 valence electrons. The van der Waals surface area contributed by atoms with Crippen LogP contribution >= 0.6 is 0 Å². The van der Waals surface area contributed by atoms with E-state index in [1.54, 1.807) is 18.6 Å². The SMILES string of the molecule is Nc1ncccc1-c1cc(Cc2ccc(OCc3cccnc3)cc2)no1. The highest BCUT2D eigenvalue weighted by Crippen LogP contribution is 2.25. The summed E-state index contributed by atoms with van der Waals surface area (Å²) in [6.07, 6.45) is 5.85. The second-order valence-corrected chi connectivity index (χ2v) is 6.09. The zero-order chi connectivity index (χ0) is 18.5. The number of ether oxygens (including phenoxy) is 1. The van der Waals surface area contributed by atoms with Crippen LogP contribution in [-0.4, -0.2) is 15.1 Å². The van der Waals surface area contributed by atoms with Gasteiger partial charge in [-0.1, -0.05) is 23.4 Å². The summed E-state index contributed by atoms with van der Waals surface area (Å²) in [5, 5.41) is 4.13. The molecule has 27 heavy (non-hydrogen) atoms. The lowest BCUT2D eigenvalue weighted by atomic mass is 10.1. The summed E-state index contributed by atoms with van der Waals surface area (Å²) >= 11 is 0. The van der Waals surface area contributed by atoms with Gasteiger partial charge in [0.2, 0.25) is 0 Å². The minimum atomic E-state index is 0.426. The van der Waals surface area contributed by atoms with Crippen LogP contribution in [0.1, 0.15) is 16.8 Å². The first-order valence-electron chi connectivity index (χ1n) is 8.55. The van der Waals surface area contributed by atoms with Gasteiger partial charge in [-0.15, -0.1) is 0 Å². The van der Waals surface area contributed by atoms with E-state index < -0.39 is 0 Å². The highest BCUT2D eigenvalue weighted by Gasteiger charge is 2.10. The molecular weight excluding hydrogens is 340 g/mol. The molecule has 3 heterocycles. The molecule has 0 saturated carbocycles. The van der Waals surface area contributed by atoms with Crippen molar-refractivity contribution in [2.45, 2.75) is 13.0 Å². The minimum absolute atomic E-state index is 0.426. The van der Waals surface area contributed by atoms with E-state index in [4.69, 9.17) is 15.0 Å². The Kier molecular flexibility index (Phi) is 4.78. The van der Waals surface area contributed by atoms with Crippen molar-refractivity contribution in [3.8, 4) is 17.1 Å². The maximum Gasteiger partial charge on any atom is 0.170 e. The number of aromatic nitrogens is 3. The van der Waals surface area contributed by atoms with Crippen LogP contribution in [0.2, 0.25) is 0 Å². The zero-order valence-corrected chi connectivity index (χ0v) is 14.6. The molecule has 0 aliphatic rings. The van der Waals surface area contributed by atoms with Crippen LogP contribution in [0.3, 0.4) is 0 Å². The molecule has 0 radical (unpaired) electrons. The molecule has 2 N–H and O–H groups in total. The summed E-state index contributed by atoms with van der Waals surface area (Å²) in [4.78, 5) is 8.15. The smallest absolute Gasteiger partial charge is 0.170 e. The molecule has 0 fully saturated rings. The quantitative estimate of drug-likeness (QED) is 0.563. The van der Waals surface area contributed by atoms with Gasteiger partial charge in [0.05, 0.1) is 11.3 Å². The van der Waals surface area contributed by atoms with Gasteiger partial charge in [0, 0.05) is 36.6 Å². The standard InChI is InChI=1S/C21H18N4O2/c22-21-19(4-2-10-24-21)20-12-17(25-27-20)11-15-5-7-18(8-6-15)26-14-16-3-1-9-23-13-16/h1-10,12-13H,11,14H2,(H2,22,24). The number of nitrogens with two attached hydrogens (primary N) is 1. The molecule has 0 unspecified atom stereocenters. The highest BCUT2D eigenvalue weighted by molar-refractivity contribution is 5.69. The lowest BCUT2D eigenvalue weighted by Crippen LogP contribution is -1.96. The number of benzene rings is 1. The van der Waals surface area contributed by atoms with Gasteiger partial charge in [0.15, 0.2) is 5.76 Å². The second-order valence-electron chi connectivity index (χ2n) is 6.09. The third kappa shape index (κ3) is 4.12. The number of nitrogens with zero attached hydrogens (tertiary/aromatic N) is 3. The Morgan fingerprint density at radius 1 is 0.963 bits per heavy atom. The maximum absolute atomic E-state index is 5.88. The van der Waals surface area contributed by atoms with Crippen LogP contribution in [0.4, 0.5) is 5.82 Å². The van der Waals surface area contributed by atoms with E-state index in [2.05, 4.69) is 15.1 Å². The molecular formula is C21H18N4O2. The molecule has 1 aromatic carbocycles. The largest absolute Gasteiger partial charge is 0.489 e. The zero-order valence-electron chi connectivity index (χ0n) is 14.6. The van der Waals surface area contributed by atoms with Crippen molar-refractivity contribution in [2.75, 3.05) is 5.73 Å². The van der Waals surface area contributed by atoms with Crippen molar-refractivity contribution < 1.29 is 9.26 Å². The fraction of sp³-hybridized carbons (Fsp3) is 0.0952. The summed E-state index contributed by atoms with van der Waals surface area (Å²) in [5.74, 6) is 1.86. The van der Waals surface area contributed by atoms with E-state index in [1.807, 2.05) is 54.6 Å². The first-order valence-corrected chi connectivity index (χ1v) is 8.55. The molecule has 0 bridgehead atoms. The number of nitrogen functional groups attached to an aromatic ring is 1. The van der Waals surface area contributed by atoms with Gasteiger partial charge in [0.25, 0.3) is 0 Å². The van der Waals surface area contributed by atoms with Crippen LogP contribution in [0.25, 0.3) is 11.3 Å². The van der Waals surface area contributed by atoms with E-state index in [0.717, 1.165) is 28.1 Å². The van der Waals surface area contributed by atoms with Crippen LogP contribution in [0.15, 0.2) is 77.7 Å². The van der Waals surface area contributed by atoms with E-state index >= 15 is 0 Å². The molecule has 6 heteroatoms. The summed E-state index contributed by atoms with van der Waals surface area (Å²) in [7, 11) is 0. The van der Waals surface area contributed by atoms with Crippen molar-refractivity contribution in [1.29, 1.82) is 0 Å². The van der Waals surface area contributed by atoms with Gasteiger partial charge in [-0.25, -0.2) is 4.98 Å². The predicted octanol–water partition coefficient (Wildman–Crippen LogP) is 3.88. The lowest BCUT2D eigenvalue weighted by Gasteiger charge is -2.06. The van der Waals surface area contributed by atoms with Gasteiger partial charge in [-0.2, -0.15) is 0 Å². The number of pyridine rings is 2. The van der Waals surface area contributed by atoms with Gasteiger partial charge in [-0.3, -0.25) is 4.98 Å². The van der Waals surface area contributed by atoms with E-state index in [-0.39, 0.29) is 0 Å². The topological polar surface area (TPSA) is 87.1 Å². The van der Waals surface area contributed by atoms with Crippen LogP contribution < -0.4 is 10.5 Å². The van der Waals surface area contributed by atoms with Gasteiger partial charge in [0.1, 0.15) is 18.2 Å². The van der Waals surface area contributed by atoms with Gasteiger partial charge < -0.3 is 15.0 Å². The van der Waals surface area contributed by atoms with Crippen molar-refractivity contribution in [1.82, 2.24) is 15.1 Å². The molecule has 4 aromatic rings. The first-order chi connectivity index (χ1) is 13.3. The van der Waals surface area contributed by atoms with Crippen molar-refractivity contribution >= 4 is 5.82 Å². The van der Waals surface area contributed by atoms with Crippen LogP contribution in [-0.2, 0) is 13.0 Å². The Labute approximate surface area is 156 Å². The molecule has 0 aliphatic heterocycles. The molecule has 0 amide bonds. The van der Waals surface area contributed by atoms with Crippen LogP contribution in [0.5, 0.6) is 5.75 Å². The number of anilines is 1. The first kappa shape index (κ1) is 16.8. The lowest BCUT2D eigenvalue weighted by molar-refractivity contribution is 0.305. The fourth-order valence-electron chi connectivity index (χ4n) is 2.71. The number of hydrogen-bond donors (Lipinski definition) is 1. The summed E-state index contributed by atoms with van der Waals surface area (Å²) < 4.78 is 11.2. The fourth-order valence-corrected chi connectivity index (χ4v) is 2.71. The van der Waals surface area contributed by atoms with E-state index in [1.165, 1.54) is 0 Å². The van der Waals surface area contributed by atoms with Crippen molar-refractivity contribution in [2.24, 2.45) is 0 Å². The normalized spacial score (nSPS) is 10.7. The van der Waals surface area contributed by atoms with Gasteiger partial charge >= 0.3 is 0 Å². The minimum Gasteiger partial charge on any atom is -0.489 e. The molecule has 0 spiro atoms. The summed E-state index contributed by atoms with van der Waals surface area (Å²) in [6, 6.07) is 17.4. The Bertz CT molecular complexity index is 1010. The average molecular weight is 358 g/mol.